The Balaban J connectivity index is 1.78. The number of hydrogen-bond donors (Lipinski definition) is 3. The summed E-state index contributed by atoms with van der Waals surface area (Å²) in [6.07, 6.45) is 1.22. The van der Waals surface area contributed by atoms with Gasteiger partial charge in [0, 0.05) is 12.1 Å². The van der Waals surface area contributed by atoms with Crippen LogP contribution in [0.15, 0.2) is 16.7 Å². The number of nitrogens with zero attached hydrogens (tertiary/aromatic N) is 2. The van der Waals surface area contributed by atoms with Crippen molar-refractivity contribution in [2.45, 2.75) is 26.3 Å². The molecular weight excluding hydrogens is 258 g/mol. The Morgan fingerprint density at radius 1 is 1.45 bits per heavy atom. The van der Waals surface area contributed by atoms with Gasteiger partial charge in [-0.1, -0.05) is 5.16 Å². The molecule has 7 nitrogen and oxygen atoms in total. The van der Waals surface area contributed by atoms with Gasteiger partial charge >= 0.3 is 0 Å². The smallest absolute Gasteiger partial charge is 0.245 e. The first kappa shape index (κ1) is 12.5. The number of nitrogens with one attached hydrogen (secondary N) is 2. The fourth-order valence-corrected chi connectivity index (χ4v) is 2.18. The number of aromatic nitrogens is 2. The van der Waals surface area contributed by atoms with E-state index in [2.05, 4.69) is 20.8 Å². The first-order valence-corrected chi connectivity index (χ1v) is 6.37. The zero-order chi connectivity index (χ0) is 14.1. The minimum Gasteiger partial charge on any atom is -0.397 e. The second-order valence-corrected chi connectivity index (χ2v) is 4.73. The summed E-state index contributed by atoms with van der Waals surface area (Å²) in [5.41, 5.74) is 9.21. The van der Waals surface area contributed by atoms with Gasteiger partial charge in [-0.3, -0.25) is 4.79 Å². The number of amides is 1. The molecule has 0 radical (unpaired) electrons. The van der Waals surface area contributed by atoms with Crippen LogP contribution in [0.4, 0.5) is 17.1 Å². The monoisotopic (exact) mass is 273 g/mol. The lowest BCUT2D eigenvalue weighted by Crippen LogP contribution is -2.19. The van der Waals surface area contributed by atoms with Crippen molar-refractivity contribution in [2.24, 2.45) is 0 Å². The van der Waals surface area contributed by atoms with Crippen molar-refractivity contribution in [3.63, 3.8) is 0 Å². The summed E-state index contributed by atoms with van der Waals surface area (Å²) in [4.78, 5) is 15.5. The van der Waals surface area contributed by atoms with Gasteiger partial charge in [-0.2, -0.15) is 4.98 Å². The van der Waals surface area contributed by atoms with E-state index >= 15 is 0 Å². The molecule has 3 rings (SSSR count). The van der Waals surface area contributed by atoms with E-state index < -0.39 is 0 Å². The average molecular weight is 273 g/mol. The Morgan fingerprint density at radius 2 is 2.30 bits per heavy atom. The molecular formula is C13H15N5O2. The average Bonchev–Trinajstić information content (AvgIpc) is 2.82. The molecule has 0 atom stereocenters. The number of aryl methyl sites for hydroxylation is 2. The molecule has 0 fully saturated rings. The van der Waals surface area contributed by atoms with E-state index in [4.69, 9.17) is 10.3 Å². The molecule has 0 saturated carbocycles. The first-order valence-electron chi connectivity index (χ1n) is 6.37. The standard InChI is InChI=1S/C13H15N5O2/c1-7-16-13(20-18-7)6-15-11-4-8-2-3-12(19)17-10(8)5-9(11)14/h4-5,15H,2-3,6,14H2,1H3,(H,17,19). The minimum atomic E-state index is 0.0268. The highest BCUT2D eigenvalue weighted by molar-refractivity contribution is 5.95. The number of fused-ring (bicyclic) bond motifs is 1. The van der Waals surface area contributed by atoms with Crippen LogP contribution >= 0.6 is 0 Å². The molecule has 0 bridgehead atoms. The Labute approximate surface area is 115 Å². The van der Waals surface area contributed by atoms with Crippen LogP contribution in [-0.4, -0.2) is 16.0 Å². The van der Waals surface area contributed by atoms with E-state index in [1.165, 1.54) is 0 Å². The highest BCUT2D eigenvalue weighted by Crippen LogP contribution is 2.31. The maximum Gasteiger partial charge on any atom is 0.245 e. The lowest BCUT2D eigenvalue weighted by molar-refractivity contribution is -0.116. The Hall–Kier alpha value is -2.57. The first-order chi connectivity index (χ1) is 9.61. The van der Waals surface area contributed by atoms with Crippen LogP contribution in [0, 0.1) is 6.92 Å². The van der Waals surface area contributed by atoms with Crippen molar-refractivity contribution in [2.75, 3.05) is 16.4 Å². The summed E-state index contributed by atoms with van der Waals surface area (Å²) < 4.78 is 5.03. The van der Waals surface area contributed by atoms with Crippen molar-refractivity contribution in [1.82, 2.24) is 10.1 Å². The number of benzene rings is 1. The number of anilines is 3. The molecule has 2 aromatic rings. The van der Waals surface area contributed by atoms with Crippen molar-refractivity contribution < 1.29 is 9.32 Å². The molecule has 1 aromatic carbocycles. The molecule has 104 valence electrons. The van der Waals surface area contributed by atoms with Gasteiger partial charge in [0.1, 0.15) is 0 Å². The Bertz CT molecular complexity index is 665. The van der Waals surface area contributed by atoms with E-state index in [9.17, 15) is 4.79 Å². The van der Waals surface area contributed by atoms with Crippen LogP contribution < -0.4 is 16.4 Å². The molecule has 0 saturated heterocycles. The molecule has 0 unspecified atom stereocenters. The van der Waals surface area contributed by atoms with Crippen LogP contribution in [0.1, 0.15) is 23.7 Å². The van der Waals surface area contributed by atoms with E-state index in [1.807, 2.05) is 6.07 Å². The third-order valence-electron chi connectivity index (χ3n) is 3.17. The fraction of sp³-hybridized carbons (Fsp3) is 0.308. The predicted octanol–water partition coefficient (Wildman–Crippen LogP) is 1.46. The van der Waals surface area contributed by atoms with Crippen LogP contribution in [0.5, 0.6) is 0 Å². The number of nitrogens with two attached hydrogens (primary N) is 1. The van der Waals surface area contributed by atoms with Crippen LogP contribution in [-0.2, 0) is 17.8 Å². The topological polar surface area (TPSA) is 106 Å². The molecule has 7 heteroatoms. The third kappa shape index (κ3) is 2.42. The lowest BCUT2D eigenvalue weighted by Gasteiger charge is -2.19. The van der Waals surface area contributed by atoms with Gasteiger partial charge in [-0.05, 0) is 31.0 Å². The van der Waals surface area contributed by atoms with Crippen LogP contribution in [0.25, 0.3) is 0 Å². The van der Waals surface area contributed by atoms with Crippen LogP contribution in [0.2, 0.25) is 0 Å². The fourth-order valence-electron chi connectivity index (χ4n) is 2.18. The molecule has 20 heavy (non-hydrogen) atoms. The van der Waals surface area contributed by atoms with Crippen LogP contribution in [0.3, 0.4) is 0 Å². The van der Waals surface area contributed by atoms with Crippen molar-refractivity contribution >= 4 is 23.0 Å². The van der Waals surface area contributed by atoms with Gasteiger partial charge in [0.2, 0.25) is 11.8 Å². The van der Waals surface area contributed by atoms with Gasteiger partial charge in [0.25, 0.3) is 0 Å². The zero-order valence-corrected chi connectivity index (χ0v) is 11.1. The summed E-state index contributed by atoms with van der Waals surface area (Å²) in [7, 11) is 0. The summed E-state index contributed by atoms with van der Waals surface area (Å²) in [6.45, 7) is 2.18. The summed E-state index contributed by atoms with van der Waals surface area (Å²) in [5, 5.41) is 9.71. The second-order valence-electron chi connectivity index (χ2n) is 4.73. The number of carbonyl (C=O) groups excluding carboxylic acids is 1. The normalized spacial score (nSPS) is 13.8. The van der Waals surface area contributed by atoms with Gasteiger partial charge < -0.3 is 20.9 Å². The molecule has 2 heterocycles. The number of carbonyl (C=O) groups is 1. The predicted molar refractivity (Wildman–Crippen MR) is 74.2 cm³/mol. The number of rotatable bonds is 3. The lowest BCUT2D eigenvalue weighted by atomic mass is 10.0. The largest absolute Gasteiger partial charge is 0.397 e. The van der Waals surface area contributed by atoms with E-state index in [0.717, 1.165) is 23.4 Å². The molecule has 1 amide bonds. The molecule has 1 aromatic heterocycles. The van der Waals surface area contributed by atoms with E-state index in [0.29, 0.717) is 30.4 Å². The number of nitrogen functional groups attached to an aromatic ring is 1. The van der Waals surface area contributed by atoms with Crippen molar-refractivity contribution in [3.05, 3.63) is 29.4 Å². The highest BCUT2D eigenvalue weighted by atomic mass is 16.5. The zero-order valence-electron chi connectivity index (χ0n) is 11.1. The van der Waals surface area contributed by atoms with Gasteiger partial charge in [-0.25, -0.2) is 0 Å². The van der Waals surface area contributed by atoms with Gasteiger partial charge in [0.15, 0.2) is 5.82 Å². The summed E-state index contributed by atoms with van der Waals surface area (Å²) in [6, 6.07) is 3.72. The maximum atomic E-state index is 11.3. The maximum absolute atomic E-state index is 11.3. The molecule has 4 N–H and O–H groups in total. The van der Waals surface area contributed by atoms with Gasteiger partial charge in [0.05, 0.1) is 17.9 Å². The van der Waals surface area contributed by atoms with E-state index in [-0.39, 0.29) is 5.91 Å². The quantitative estimate of drug-likeness (QED) is 0.731. The van der Waals surface area contributed by atoms with Crippen molar-refractivity contribution in [1.29, 1.82) is 0 Å². The number of hydrogen-bond acceptors (Lipinski definition) is 6. The third-order valence-corrected chi connectivity index (χ3v) is 3.17. The van der Waals surface area contributed by atoms with Gasteiger partial charge in [-0.15, -0.1) is 0 Å². The SMILES string of the molecule is Cc1noc(CNc2cc3c(cc2N)NC(=O)CC3)n1. The molecule has 0 spiro atoms. The molecule has 0 aliphatic carbocycles. The molecule has 1 aliphatic heterocycles. The van der Waals surface area contributed by atoms with Crippen molar-refractivity contribution in [3.8, 4) is 0 Å². The molecule has 1 aliphatic rings. The summed E-state index contributed by atoms with van der Waals surface area (Å²) >= 11 is 0. The Kier molecular flexibility index (Phi) is 3.02. The minimum absolute atomic E-state index is 0.0268. The Morgan fingerprint density at radius 3 is 3.05 bits per heavy atom. The van der Waals surface area contributed by atoms with E-state index in [1.54, 1.807) is 13.0 Å². The second kappa shape index (κ2) is 4.84. The highest BCUT2D eigenvalue weighted by Gasteiger charge is 2.16. The summed E-state index contributed by atoms with van der Waals surface area (Å²) in [5.74, 6) is 1.13.